The highest BCUT2D eigenvalue weighted by Gasteiger charge is 2.65. The number of carbonyl (C=O) groups excluding carboxylic acids is 5. The molecular formula is C30H34N2O10. The van der Waals surface area contributed by atoms with Crippen molar-refractivity contribution in [3.8, 4) is 0 Å². The van der Waals surface area contributed by atoms with E-state index in [2.05, 4.69) is 6.58 Å². The van der Waals surface area contributed by atoms with Crippen molar-refractivity contribution in [2.24, 2.45) is 17.8 Å². The molecular weight excluding hydrogens is 548 g/mol. The predicted octanol–water partition coefficient (Wildman–Crippen LogP) is 3.12. The van der Waals surface area contributed by atoms with Gasteiger partial charge in [-0.25, -0.2) is 14.4 Å². The number of fused-ring (bicyclic) bond motifs is 5. The summed E-state index contributed by atoms with van der Waals surface area (Å²) in [5, 5.41) is 0. The molecule has 12 heteroatoms. The van der Waals surface area contributed by atoms with Crippen molar-refractivity contribution in [3.05, 3.63) is 66.3 Å². The Morgan fingerprint density at radius 1 is 1.14 bits per heavy atom. The van der Waals surface area contributed by atoms with Gasteiger partial charge in [-0.05, 0) is 24.1 Å². The van der Waals surface area contributed by atoms with Gasteiger partial charge in [0.2, 0.25) is 5.91 Å². The van der Waals surface area contributed by atoms with Crippen molar-refractivity contribution in [3.63, 3.8) is 0 Å². The van der Waals surface area contributed by atoms with E-state index in [0.717, 1.165) is 6.08 Å². The van der Waals surface area contributed by atoms with Gasteiger partial charge in [-0.2, -0.15) is 0 Å². The fourth-order valence-corrected chi connectivity index (χ4v) is 6.34. The summed E-state index contributed by atoms with van der Waals surface area (Å²) in [6, 6.07) is 6.40. The number of allylic oxidation sites excluding steroid dienone is 1. The summed E-state index contributed by atoms with van der Waals surface area (Å²) in [4.78, 5) is 67.4. The van der Waals surface area contributed by atoms with E-state index in [9.17, 15) is 24.0 Å². The minimum atomic E-state index is -1.38. The minimum absolute atomic E-state index is 0.00452. The number of hydrogen-bond donors (Lipinski definition) is 0. The standard InChI is InChI=1S/C30H34N2O10/c1-6-14-40-28(36)31(4)26-21(16-41-18(3)33)19-12-13-30(25(26)20(19)15-24(34)42-29(37)39-7-2)22-10-8-9-11-23(22)32(17-38-5)27(30)35/h6,8-13,15,19,21,25-26H,1,7,14,16-17H2,2-5H3/t19-,21-,25+,26+,30+/m0/s1. The van der Waals surface area contributed by atoms with Crippen LogP contribution in [0.1, 0.15) is 19.4 Å². The Hall–Kier alpha value is -4.45. The fourth-order valence-electron chi connectivity index (χ4n) is 6.34. The maximum absolute atomic E-state index is 14.4. The maximum atomic E-state index is 14.4. The number of para-hydroxylation sites is 1. The first-order valence-corrected chi connectivity index (χ1v) is 13.5. The topological polar surface area (TPSA) is 138 Å². The fraction of sp³-hybridized carbons (Fsp3) is 0.433. The van der Waals surface area contributed by atoms with E-state index in [1.54, 1.807) is 37.3 Å². The van der Waals surface area contributed by atoms with Gasteiger partial charge in [-0.15, -0.1) is 0 Å². The van der Waals surface area contributed by atoms with Crippen molar-refractivity contribution in [1.29, 1.82) is 0 Å². The molecule has 0 radical (unpaired) electrons. The molecule has 1 aliphatic heterocycles. The van der Waals surface area contributed by atoms with Gasteiger partial charge in [0.15, 0.2) is 0 Å². The molecule has 0 unspecified atom stereocenters. The third-order valence-electron chi connectivity index (χ3n) is 7.81. The molecule has 5 atom stereocenters. The van der Waals surface area contributed by atoms with Gasteiger partial charge in [-0.3, -0.25) is 14.5 Å². The van der Waals surface area contributed by atoms with Crippen molar-refractivity contribution >= 4 is 35.8 Å². The summed E-state index contributed by atoms with van der Waals surface area (Å²) in [5.74, 6) is -3.87. The molecule has 2 amide bonds. The molecule has 2 bridgehead atoms. The molecule has 1 spiro atoms. The molecule has 1 aromatic carbocycles. The Bertz CT molecular complexity index is 1340. The van der Waals surface area contributed by atoms with Crippen molar-refractivity contribution in [2.75, 3.05) is 45.6 Å². The summed E-state index contributed by atoms with van der Waals surface area (Å²) in [6.07, 6.45) is 4.29. The lowest BCUT2D eigenvalue weighted by Crippen LogP contribution is -2.54. The second kappa shape index (κ2) is 12.6. The molecule has 1 aromatic rings. The molecule has 224 valence electrons. The molecule has 2 aliphatic carbocycles. The minimum Gasteiger partial charge on any atom is -0.465 e. The highest BCUT2D eigenvalue weighted by molar-refractivity contribution is 6.10. The van der Waals surface area contributed by atoms with E-state index >= 15 is 0 Å². The van der Waals surface area contributed by atoms with Crippen molar-refractivity contribution in [1.82, 2.24) is 4.90 Å². The Labute approximate surface area is 243 Å². The Kier molecular flexibility index (Phi) is 9.15. The number of esters is 2. The quantitative estimate of drug-likeness (QED) is 0.140. The largest absolute Gasteiger partial charge is 0.516 e. The Morgan fingerprint density at radius 3 is 2.55 bits per heavy atom. The smallest absolute Gasteiger partial charge is 0.465 e. The van der Waals surface area contributed by atoms with Gasteiger partial charge >= 0.3 is 24.2 Å². The molecule has 1 fully saturated rings. The van der Waals surface area contributed by atoms with Gasteiger partial charge < -0.3 is 28.6 Å². The average Bonchev–Trinajstić information content (AvgIpc) is 3.30. The van der Waals surface area contributed by atoms with Crippen LogP contribution < -0.4 is 4.90 Å². The van der Waals surface area contributed by atoms with Gasteiger partial charge in [0.05, 0.1) is 18.9 Å². The number of benzene rings is 1. The van der Waals surface area contributed by atoms with Crippen molar-refractivity contribution in [2.45, 2.75) is 25.3 Å². The molecule has 4 rings (SSSR count). The van der Waals surface area contributed by atoms with E-state index < -0.39 is 53.4 Å². The van der Waals surface area contributed by atoms with Crippen LogP contribution in [0.4, 0.5) is 15.3 Å². The highest BCUT2D eigenvalue weighted by Crippen LogP contribution is 2.61. The van der Waals surface area contributed by atoms with Crippen LogP contribution in [0, 0.1) is 17.8 Å². The summed E-state index contributed by atoms with van der Waals surface area (Å²) in [7, 11) is 3.00. The third kappa shape index (κ3) is 5.29. The average molecular weight is 583 g/mol. The van der Waals surface area contributed by atoms with Crippen molar-refractivity contribution < 1.29 is 47.7 Å². The van der Waals surface area contributed by atoms with E-state index in [1.165, 1.54) is 37.0 Å². The van der Waals surface area contributed by atoms with Gasteiger partial charge in [-0.1, -0.05) is 43.0 Å². The van der Waals surface area contributed by atoms with Crippen LogP contribution in [0.25, 0.3) is 0 Å². The van der Waals surface area contributed by atoms with Crippen LogP contribution in [0.3, 0.4) is 0 Å². The summed E-state index contributed by atoms with van der Waals surface area (Å²) < 4.78 is 25.7. The van der Waals surface area contributed by atoms with E-state index in [0.29, 0.717) is 16.8 Å². The molecule has 0 aromatic heterocycles. The molecule has 12 nitrogen and oxygen atoms in total. The SMILES string of the molecule is C=CCOC(=O)N(C)[C@@H]1[C@@H](COC(C)=O)[C@H]2C=C[C@]3(C(=O)N(COC)c4ccccc43)[C@@H]1C2=CC(=O)OC(=O)OCC. The lowest BCUT2D eigenvalue weighted by Gasteiger charge is -2.41. The summed E-state index contributed by atoms with van der Waals surface area (Å²) in [5.41, 5.74) is 0.298. The number of carbonyl (C=O) groups is 5. The zero-order chi connectivity index (χ0) is 30.6. The lowest BCUT2D eigenvalue weighted by atomic mass is 9.64. The summed E-state index contributed by atoms with van der Waals surface area (Å²) >= 11 is 0. The number of nitrogens with zero attached hydrogens (tertiary/aromatic N) is 2. The number of hydrogen-bond acceptors (Lipinski definition) is 10. The molecule has 42 heavy (non-hydrogen) atoms. The summed E-state index contributed by atoms with van der Waals surface area (Å²) in [6.45, 7) is 6.21. The predicted molar refractivity (Wildman–Crippen MR) is 148 cm³/mol. The number of methoxy groups -OCH3 is 1. The number of amides is 2. The second-order valence-electron chi connectivity index (χ2n) is 10.1. The van der Waals surface area contributed by atoms with Gasteiger partial charge in [0, 0.05) is 51.0 Å². The molecule has 1 heterocycles. The van der Waals surface area contributed by atoms with E-state index in [1.807, 2.05) is 6.07 Å². The van der Waals surface area contributed by atoms with Crippen LogP contribution >= 0.6 is 0 Å². The first-order valence-electron chi connectivity index (χ1n) is 13.5. The van der Waals surface area contributed by atoms with Crippen LogP contribution in [0.15, 0.2) is 60.7 Å². The molecule has 3 aliphatic rings. The maximum Gasteiger partial charge on any atom is 0.516 e. The Balaban J connectivity index is 1.93. The normalized spacial score (nSPS) is 26.1. The zero-order valence-corrected chi connectivity index (χ0v) is 23.9. The number of ether oxygens (including phenoxy) is 5. The van der Waals surface area contributed by atoms with Crippen LogP contribution in [-0.4, -0.2) is 81.7 Å². The first-order chi connectivity index (χ1) is 20.1. The number of rotatable bonds is 9. The van der Waals surface area contributed by atoms with Crippen LogP contribution in [0.5, 0.6) is 0 Å². The zero-order valence-electron chi connectivity index (χ0n) is 23.9. The van der Waals surface area contributed by atoms with Gasteiger partial charge in [0.25, 0.3) is 0 Å². The van der Waals surface area contributed by atoms with Crippen LogP contribution in [-0.2, 0) is 43.5 Å². The van der Waals surface area contributed by atoms with Crippen LogP contribution in [0.2, 0.25) is 0 Å². The third-order valence-corrected chi connectivity index (χ3v) is 7.81. The first kappa shape index (κ1) is 30.5. The highest BCUT2D eigenvalue weighted by atomic mass is 16.7. The molecule has 0 N–H and O–H groups in total. The number of anilines is 1. The monoisotopic (exact) mass is 582 g/mol. The second-order valence-corrected chi connectivity index (χ2v) is 10.1. The van der Waals surface area contributed by atoms with Gasteiger partial charge in [0.1, 0.15) is 18.8 Å². The Morgan fingerprint density at radius 2 is 1.88 bits per heavy atom. The lowest BCUT2D eigenvalue weighted by molar-refractivity contribution is -0.143. The molecule has 0 saturated heterocycles. The van der Waals surface area contributed by atoms with E-state index in [4.69, 9.17) is 23.7 Å². The van der Waals surface area contributed by atoms with E-state index in [-0.39, 0.29) is 32.5 Å². The molecule has 1 saturated carbocycles.